The van der Waals surface area contributed by atoms with E-state index in [1.54, 1.807) is 7.05 Å². The third-order valence-electron chi connectivity index (χ3n) is 3.70. The fraction of sp³-hybridized carbons (Fsp3) is 0.938. The second kappa shape index (κ2) is 10.6. The maximum absolute atomic E-state index is 3.90. The lowest BCUT2D eigenvalue weighted by Crippen LogP contribution is -2.12. The SMILES string of the molecule is CCCC(CC(C)CCCCC#[N+]C)C(C)C. The molecule has 0 aromatic carbocycles. The predicted octanol–water partition coefficient (Wildman–Crippen LogP) is 5.61. The molecule has 0 saturated carbocycles. The van der Waals surface area contributed by atoms with E-state index in [2.05, 4.69) is 38.6 Å². The molecule has 0 aliphatic heterocycles. The van der Waals surface area contributed by atoms with Gasteiger partial charge in [-0.15, -0.1) is 0 Å². The molecule has 2 atom stereocenters. The van der Waals surface area contributed by atoms with E-state index in [4.69, 9.17) is 0 Å². The maximum atomic E-state index is 3.90. The van der Waals surface area contributed by atoms with Crippen LogP contribution in [0.3, 0.4) is 0 Å². The van der Waals surface area contributed by atoms with Gasteiger partial charge in [0.25, 0.3) is 13.1 Å². The highest BCUT2D eigenvalue weighted by atomic mass is 14.6. The van der Waals surface area contributed by atoms with Crippen molar-refractivity contribution in [3.8, 4) is 6.07 Å². The minimum Gasteiger partial charge on any atom is -0.0870 e. The Kier molecular flexibility index (Phi) is 10.3. The third kappa shape index (κ3) is 9.22. The van der Waals surface area contributed by atoms with Crippen LogP contribution in [-0.4, -0.2) is 7.05 Å². The maximum Gasteiger partial charge on any atom is 0.272 e. The molecule has 0 fully saturated rings. The van der Waals surface area contributed by atoms with Gasteiger partial charge in [-0.05, 0) is 30.6 Å². The van der Waals surface area contributed by atoms with E-state index in [0.29, 0.717) is 0 Å². The highest BCUT2D eigenvalue weighted by molar-refractivity contribution is 4.82. The molecule has 1 nitrogen and oxygen atoms in total. The van der Waals surface area contributed by atoms with Crippen LogP contribution >= 0.6 is 0 Å². The van der Waals surface area contributed by atoms with E-state index in [0.717, 1.165) is 24.2 Å². The summed E-state index contributed by atoms with van der Waals surface area (Å²) >= 11 is 0. The van der Waals surface area contributed by atoms with Crippen molar-refractivity contribution in [1.29, 1.82) is 0 Å². The van der Waals surface area contributed by atoms with Crippen molar-refractivity contribution >= 4 is 0 Å². The summed E-state index contributed by atoms with van der Waals surface area (Å²) in [4.78, 5) is 3.90. The van der Waals surface area contributed by atoms with Gasteiger partial charge >= 0.3 is 0 Å². The van der Waals surface area contributed by atoms with Crippen molar-refractivity contribution in [2.24, 2.45) is 17.8 Å². The van der Waals surface area contributed by atoms with E-state index >= 15 is 0 Å². The van der Waals surface area contributed by atoms with Gasteiger partial charge in [-0.1, -0.05) is 58.2 Å². The third-order valence-corrected chi connectivity index (χ3v) is 3.70. The van der Waals surface area contributed by atoms with Gasteiger partial charge in [0, 0.05) is 0 Å². The number of rotatable bonds is 9. The first kappa shape index (κ1) is 16.5. The standard InChI is InChI=1S/C16H32N/c1-6-10-16(14(2)3)13-15(4)11-8-7-9-12-17-5/h14-16H,6-11,13H2,1-5H3/q+1. The van der Waals surface area contributed by atoms with Gasteiger partial charge in [0.2, 0.25) is 0 Å². The van der Waals surface area contributed by atoms with Gasteiger partial charge in [-0.2, -0.15) is 0 Å². The molecular formula is C16H32N+. The van der Waals surface area contributed by atoms with E-state index in [-0.39, 0.29) is 0 Å². The van der Waals surface area contributed by atoms with Gasteiger partial charge < -0.3 is 0 Å². The highest BCUT2D eigenvalue weighted by Gasteiger charge is 2.15. The second-order valence-corrected chi connectivity index (χ2v) is 5.76. The van der Waals surface area contributed by atoms with Crippen LogP contribution in [0.4, 0.5) is 0 Å². The van der Waals surface area contributed by atoms with Crippen LogP contribution in [0.2, 0.25) is 0 Å². The monoisotopic (exact) mass is 238 g/mol. The van der Waals surface area contributed by atoms with Crippen molar-refractivity contribution in [2.75, 3.05) is 7.05 Å². The van der Waals surface area contributed by atoms with E-state index < -0.39 is 0 Å². The molecule has 0 bridgehead atoms. The van der Waals surface area contributed by atoms with Crippen molar-refractivity contribution in [3.63, 3.8) is 0 Å². The normalized spacial score (nSPS) is 14.2. The number of hydrogen-bond donors (Lipinski definition) is 0. The molecule has 0 heterocycles. The first-order valence-electron chi connectivity index (χ1n) is 7.43. The summed E-state index contributed by atoms with van der Waals surface area (Å²) < 4.78 is 0. The molecule has 100 valence electrons. The zero-order valence-electron chi connectivity index (χ0n) is 12.6. The van der Waals surface area contributed by atoms with Crippen LogP contribution in [0, 0.1) is 23.8 Å². The van der Waals surface area contributed by atoms with Crippen molar-refractivity contribution in [1.82, 2.24) is 0 Å². The van der Waals surface area contributed by atoms with Crippen LogP contribution in [0.5, 0.6) is 0 Å². The quantitative estimate of drug-likeness (QED) is 0.460. The molecule has 2 unspecified atom stereocenters. The molecule has 0 saturated heterocycles. The lowest BCUT2D eigenvalue weighted by Gasteiger charge is -2.23. The van der Waals surface area contributed by atoms with E-state index in [1.165, 1.54) is 38.5 Å². The highest BCUT2D eigenvalue weighted by Crippen LogP contribution is 2.27. The Bertz CT molecular complexity index is 221. The van der Waals surface area contributed by atoms with E-state index in [1.807, 2.05) is 0 Å². The minimum absolute atomic E-state index is 0.845. The first-order valence-corrected chi connectivity index (χ1v) is 7.43. The molecule has 0 aliphatic rings. The van der Waals surface area contributed by atoms with Crippen molar-refractivity contribution in [2.45, 2.75) is 72.6 Å². The molecular weight excluding hydrogens is 206 g/mol. The van der Waals surface area contributed by atoms with Crippen LogP contribution < -0.4 is 0 Å². The van der Waals surface area contributed by atoms with Gasteiger partial charge in [0.05, 0.1) is 6.42 Å². The summed E-state index contributed by atoms with van der Waals surface area (Å²) in [5.41, 5.74) is 0. The minimum atomic E-state index is 0.845. The molecule has 1 heteroatoms. The molecule has 0 spiro atoms. The smallest absolute Gasteiger partial charge is 0.0870 e. The molecule has 0 aliphatic carbocycles. The summed E-state index contributed by atoms with van der Waals surface area (Å²) in [5, 5.41) is 0. The molecule has 0 aromatic rings. The Labute approximate surface area is 109 Å². The Morgan fingerprint density at radius 3 is 2.29 bits per heavy atom. The average molecular weight is 238 g/mol. The Morgan fingerprint density at radius 1 is 1.06 bits per heavy atom. The van der Waals surface area contributed by atoms with Crippen LogP contribution in [0.15, 0.2) is 0 Å². The largest absolute Gasteiger partial charge is 0.272 e. The zero-order valence-corrected chi connectivity index (χ0v) is 12.6. The zero-order chi connectivity index (χ0) is 13.1. The van der Waals surface area contributed by atoms with Gasteiger partial charge in [-0.3, -0.25) is 0 Å². The summed E-state index contributed by atoms with van der Waals surface area (Å²) in [7, 11) is 1.81. The number of unbranched alkanes of at least 4 members (excludes halogenated alkanes) is 2. The van der Waals surface area contributed by atoms with Crippen molar-refractivity contribution < 1.29 is 0 Å². The second-order valence-electron chi connectivity index (χ2n) is 5.76. The Hall–Kier alpha value is -0.510. The van der Waals surface area contributed by atoms with Crippen molar-refractivity contribution in [3.05, 3.63) is 4.85 Å². The fourth-order valence-corrected chi connectivity index (χ4v) is 2.54. The molecule has 0 radical (unpaired) electrons. The molecule has 0 rings (SSSR count). The summed E-state index contributed by atoms with van der Waals surface area (Å²) in [5.74, 6) is 2.66. The summed E-state index contributed by atoms with van der Waals surface area (Å²) in [6, 6.07) is 3.03. The topological polar surface area (TPSA) is 4.36 Å². The van der Waals surface area contributed by atoms with E-state index in [9.17, 15) is 0 Å². The summed E-state index contributed by atoms with van der Waals surface area (Å²) in [6.07, 6.45) is 9.14. The Balaban J connectivity index is 3.72. The molecule has 17 heavy (non-hydrogen) atoms. The number of nitrogens with zero attached hydrogens (tertiary/aromatic N) is 1. The molecule has 0 amide bonds. The van der Waals surface area contributed by atoms with Crippen LogP contribution in [0.1, 0.15) is 72.6 Å². The first-order chi connectivity index (χ1) is 8.11. The van der Waals surface area contributed by atoms with Gasteiger partial charge in [-0.25, -0.2) is 0 Å². The average Bonchev–Trinajstić information content (AvgIpc) is 2.28. The van der Waals surface area contributed by atoms with Gasteiger partial charge in [0.15, 0.2) is 0 Å². The fourth-order valence-electron chi connectivity index (χ4n) is 2.54. The van der Waals surface area contributed by atoms with Crippen LogP contribution in [0.25, 0.3) is 4.85 Å². The Morgan fingerprint density at radius 2 is 1.76 bits per heavy atom. The lowest BCUT2D eigenvalue weighted by molar-refractivity contribution is 0.277. The number of hydrogen-bond acceptors (Lipinski definition) is 0. The predicted molar refractivity (Wildman–Crippen MR) is 78.7 cm³/mol. The van der Waals surface area contributed by atoms with Crippen LogP contribution in [-0.2, 0) is 0 Å². The van der Waals surface area contributed by atoms with Gasteiger partial charge in [0.1, 0.15) is 0 Å². The summed E-state index contributed by atoms with van der Waals surface area (Å²) in [6.45, 7) is 9.47. The molecule has 0 aromatic heterocycles. The molecule has 0 N–H and O–H groups in total. The lowest BCUT2D eigenvalue weighted by atomic mass is 9.82.